The van der Waals surface area contributed by atoms with Gasteiger partial charge in [0.2, 0.25) is 5.91 Å². The smallest absolute Gasteiger partial charge is 0.223 e. The number of carbonyl (C=O) groups is 1. The summed E-state index contributed by atoms with van der Waals surface area (Å²) < 4.78 is 24.9. The van der Waals surface area contributed by atoms with Crippen molar-refractivity contribution in [3.05, 3.63) is 71.5 Å². The van der Waals surface area contributed by atoms with E-state index in [1.54, 1.807) is 12.1 Å². The van der Waals surface area contributed by atoms with E-state index in [1.165, 1.54) is 12.1 Å². The minimum absolute atomic E-state index is 0.0601. The number of halogens is 1. The first-order valence-corrected chi connectivity index (χ1v) is 9.56. The molecule has 1 aliphatic heterocycles. The van der Waals surface area contributed by atoms with E-state index >= 15 is 0 Å². The van der Waals surface area contributed by atoms with Gasteiger partial charge in [0.15, 0.2) is 0 Å². The van der Waals surface area contributed by atoms with Gasteiger partial charge in [0, 0.05) is 35.3 Å². The van der Waals surface area contributed by atoms with Gasteiger partial charge in [0.1, 0.15) is 5.82 Å². The number of carbonyl (C=O) groups excluding carboxylic acids is 1. The van der Waals surface area contributed by atoms with E-state index < -0.39 is 10.8 Å². The molecule has 2 aromatic rings. The monoisotopic (exact) mass is 345 g/mol. The predicted octanol–water partition coefficient (Wildman–Crippen LogP) is 3.09. The molecule has 1 saturated heterocycles. The number of nitrogens with zero attached hydrogens (tertiary/aromatic N) is 1. The van der Waals surface area contributed by atoms with Crippen LogP contribution in [0.15, 0.2) is 54.6 Å². The maximum absolute atomic E-state index is 12.9. The highest BCUT2D eigenvalue weighted by molar-refractivity contribution is 7.85. The van der Waals surface area contributed by atoms with Crippen LogP contribution in [0.1, 0.15) is 23.6 Å². The van der Waals surface area contributed by atoms with Gasteiger partial charge in [-0.3, -0.25) is 9.00 Å². The number of hydrogen-bond acceptors (Lipinski definition) is 2. The van der Waals surface area contributed by atoms with Crippen molar-refractivity contribution >= 4 is 16.7 Å². The third-order valence-electron chi connectivity index (χ3n) is 4.33. The molecule has 2 aromatic carbocycles. The number of amides is 1. The lowest BCUT2D eigenvalue weighted by Crippen LogP contribution is -2.44. The van der Waals surface area contributed by atoms with Crippen LogP contribution in [0.2, 0.25) is 0 Å². The van der Waals surface area contributed by atoms with Crippen molar-refractivity contribution < 1.29 is 13.4 Å². The molecule has 0 N–H and O–H groups in total. The Kier molecular flexibility index (Phi) is 5.41. The molecule has 1 fully saturated rings. The highest BCUT2D eigenvalue weighted by Crippen LogP contribution is 2.26. The van der Waals surface area contributed by atoms with Crippen molar-refractivity contribution in [3.63, 3.8) is 0 Å². The van der Waals surface area contributed by atoms with Gasteiger partial charge < -0.3 is 4.90 Å². The Labute approximate surface area is 143 Å². The highest BCUT2D eigenvalue weighted by Gasteiger charge is 2.30. The van der Waals surface area contributed by atoms with Crippen LogP contribution in [0, 0.1) is 5.82 Å². The summed E-state index contributed by atoms with van der Waals surface area (Å²) in [4.78, 5) is 14.5. The van der Waals surface area contributed by atoms with Gasteiger partial charge in [-0.2, -0.15) is 0 Å². The molecular formula is C19H20FNO2S. The third-order valence-corrected chi connectivity index (χ3v) is 5.65. The van der Waals surface area contributed by atoms with Gasteiger partial charge >= 0.3 is 0 Å². The molecule has 0 aliphatic carbocycles. The van der Waals surface area contributed by atoms with Crippen molar-refractivity contribution in [1.82, 2.24) is 4.90 Å². The van der Waals surface area contributed by atoms with Crippen LogP contribution in [-0.4, -0.2) is 33.1 Å². The van der Waals surface area contributed by atoms with E-state index in [-0.39, 0.29) is 17.8 Å². The maximum atomic E-state index is 12.9. The molecule has 1 heterocycles. The van der Waals surface area contributed by atoms with Crippen LogP contribution >= 0.6 is 0 Å². The van der Waals surface area contributed by atoms with Gasteiger partial charge in [-0.05, 0) is 29.7 Å². The molecule has 24 heavy (non-hydrogen) atoms. The molecule has 5 heteroatoms. The molecule has 1 amide bonds. The molecule has 0 unspecified atom stereocenters. The Morgan fingerprint density at radius 3 is 2.54 bits per heavy atom. The second kappa shape index (κ2) is 7.71. The summed E-state index contributed by atoms with van der Waals surface area (Å²) in [6.07, 6.45) is 0.960. The van der Waals surface area contributed by atoms with Crippen LogP contribution in [-0.2, 0) is 22.0 Å². The number of aryl methyl sites for hydroxylation is 1. The van der Waals surface area contributed by atoms with E-state index in [0.29, 0.717) is 30.9 Å². The topological polar surface area (TPSA) is 37.4 Å². The van der Waals surface area contributed by atoms with Gasteiger partial charge in [-0.1, -0.05) is 42.5 Å². The number of rotatable bonds is 4. The van der Waals surface area contributed by atoms with E-state index in [2.05, 4.69) is 0 Å². The Balaban J connectivity index is 1.69. The van der Waals surface area contributed by atoms with E-state index in [1.807, 2.05) is 35.2 Å². The third kappa shape index (κ3) is 4.09. The molecular weight excluding hydrogens is 325 g/mol. The van der Waals surface area contributed by atoms with E-state index in [0.717, 1.165) is 11.1 Å². The van der Waals surface area contributed by atoms with Gasteiger partial charge in [-0.25, -0.2) is 4.39 Å². The van der Waals surface area contributed by atoms with Gasteiger partial charge in [-0.15, -0.1) is 0 Å². The summed E-state index contributed by atoms with van der Waals surface area (Å²) in [5.41, 5.74) is 1.97. The SMILES string of the molecule is O=C(CCc1ccc(F)cc1)N1CC[S@](=O)C[C@@H]1c1ccccc1. The Morgan fingerprint density at radius 2 is 1.83 bits per heavy atom. The van der Waals surface area contributed by atoms with Crippen LogP contribution in [0.4, 0.5) is 4.39 Å². The number of hydrogen-bond donors (Lipinski definition) is 0. The van der Waals surface area contributed by atoms with Crippen molar-refractivity contribution in [2.24, 2.45) is 0 Å². The van der Waals surface area contributed by atoms with Crippen molar-refractivity contribution in [2.75, 3.05) is 18.1 Å². The fraction of sp³-hybridized carbons (Fsp3) is 0.316. The maximum Gasteiger partial charge on any atom is 0.223 e. The average Bonchev–Trinajstić information content (AvgIpc) is 2.61. The first-order valence-electron chi connectivity index (χ1n) is 8.07. The first kappa shape index (κ1) is 16.8. The molecule has 0 radical (unpaired) electrons. The first-order chi connectivity index (χ1) is 11.6. The molecule has 0 spiro atoms. The molecule has 1 aliphatic rings. The summed E-state index contributed by atoms with van der Waals surface area (Å²) in [6.45, 7) is 0.522. The van der Waals surface area contributed by atoms with Crippen molar-refractivity contribution in [2.45, 2.75) is 18.9 Å². The normalized spacial score (nSPS) is 20.8. The number of benzene rings is 2. The second-order valence-electron chi connectivity index (χ2n) is 5.95. The lowest BCUT2D eigenvalue weighted by atomic mass is 10.0. The lowest BCUT2D eigenvalue weighted by Gasteiger charge is -2.35. The fourth-order valence-electron chi connectivity index (χ4n) is 3.00. The Bertz CT molecular complexity index is 718. The summed E-state index contributed by atoms with van der Waals surface area (Å²) in [6, 6.07) is 15.9. The summed E-state index contributed by atoms with van der Waals surface area (Å²) in [5.74, 6) is 0.815. The minimum atomic E-state index is -0.886. The fourth-order valence-corrected chi connectivity index (χ4v) is 4.29. The second-order valence-corrected chi connectivity index (χ2v) is 7.57. The Morgan fingerprint density at radius 1 is 1.12 bits per heavy atom. The molecule has 0 bridgehead atoms. The zero-order valence-corrected chi connectivity index (χ0v) is 14.2. The molecule has 0 saturated carbocycles. The predicted molar refractivity (Wildman–Crippen MR) is 93.5 cm³/mol. The van der Waals surface area contributed by atoms with Crippen LogP contribution in [0.3, 0.4) is 0 Å². The molecule has 126 valence electrons. The van der Waals surface area contributed by atoms with Gasteiger partial charge in [0.05, 0.1) is 6.04 Å². The molecule has 3 nitrogen and oxygen atoms in total. The largest absolute Gasteiger partial charge is 0.334 e. The summed E-state index contributed by atoms with van der Waals surface area (Å²) in [5, 5.41) is 0. The van der Waals surface area contributed by atoms with Gasteiger partial charge in [0.25, 0.3) is 0 Å². The van der Waals surface area contributed by atoms with E-state index in [9.17, 15) is 13.4 Å². The zero-order chi connectivity index (χ0) is 16.9. The average molecular weight is 345 g/mol. The molecule has 2 atom stereocenters. The van der Waals surface area contributed by atoms with Crippen LogP contribution < -0.4 is 0 Å². The Hall–Kier alpha value is -2.01. The minimum Gasteiger partial charge on any atom is -0.334 e. The van der Waals surface area contributed by atoms with Crippen molar-refractivity contribution in [3.8, 4) is 0 Å². The summed E-state index contributed by atoms with van der Waals surface area (Å²) >= 11 is 0. The van der Waals surface area contributed by atoms with Crippen molar-refractivity contribution in [1.29, 1.82) is 0 Å². The molecule has 3 rings (SSSR count). The highest BCUT2D eigenvalue weighted by atomic mass is 32.2. The standard InChI is InChI=1S/C19H20FNO2S/c20-17-9-6-15(7-10-17)8-11-19(22)21-12-13-24(23)14-18(21)16-4-2-1-3-5-16/h1-7,9-10,18H,8,11-14H2/t18-,24+/m1/s1. The summed E-state index contributed by atoms with van der Waals surface area (Å²) in [7, 11) is -0.886. The quantitative estimate of drug-likeness (QED) is 0.854. The zero-order valence-electron chi connectivity index (χ0n) is 13.4. The molecule has 0 aromatic heterocycles. The van der Waals surface area contributed by atoms with E-state index in [4.69, 9.17) is 0 Å². The van der Waals surface area contributed by atoms with Crippen LogP contribution in [0.25, 0.3) is 0 Å². The lowest BCUT2D eigenvalue weighted by molar-refractivity contribution is -0.133. The van der Waals surface area contributed by atoms with Crippen LogP contribution in [0.5, 0.6) is 0 Å².